The van der Waals surface area contributed by atoms with Crippen molar-refractivity contribution in [3.63, 3.8) is 0 Å². The lowest BCUT2D eigenvalue weighted by Gasteiger charge is -2.37. The number of Topliss-reactive ketones (excluding diaryl/α,β-unsaturated/α-hetero) is 1. The maximum absolute atomic E-state index is 13.8. The smallest absolute Gasteiger partial charge is 0.418 e. The van der Waals surface area contributed by atoms with E-state index in [1.165, 1.54) is 25.3 Å². The fraction of sp³-hybridized carbons (Fsp3) is 0.226. The first-order chi connectivity index (χ1) is 18.7. The summed E-state index contributed by atoms with van der Waals surface area (Å²) in [5, 5.41) is 5.73. The van der Waals surface area contributed by atoms with Crippen LogP contribution in [0.25, 0.3) is 0 Å². The summed E-state index contributed by atoms with van der Waals surface area (Å²) in [7, 11) is 1.50. The van der Waals surface area contributed by atoms with Crippen molar-refractivity contribution >= 4 is 17.4 Å². The van der Waals surface area contributed by atoms with Gasteiger partial charge in [0.1, 0.15) is 5.75 Å². The average Bonchev–Trinajstić information content (AvgIpc) is 2.92. The first kappa shape index (κ1) is 26.3. The number of ether oxygens (including phenoxy) is 1. The van der Waals surface area contributed by atoms with Crippen LogP contribution in [0, 0.1) is 0 Å². The molecule has 1 aliphatic carbocycles. The average molecular weight is 533 g/mol. The van der Waals surface area contributed by atoms with Crippen molar-refractivity contribution in [2.75, 3.05) is 12.4 Å². The zero-order chi connectivity index (χ0) is 27.7. The number of hydrogen-bond acceptors (Lipinski definition) is 4. The van der Waals surface area contributed by atoms with Crippen LogP contribution in [-0.2, 0) is 15.8 Å². The highest BCUT2D eigenvalue weighted by molar-refractivity contribution is 6.10. The normalized spacial score (nSPS) is 19.4. The molecule has 1 aliphatic heterocycles. The van der Waals surface area contributed by atoms with Crippen LogP contribution in [0.3, 0.4) is 0 Å². The van der Waals surface area contributed by atoms with Crippen LogP contribution in [0.4, 0.5) is 18.9 Å². The van der Waals surface area contributed by atoms with E-state index in [9.17, 15) is 22.8 Å². The third-order valence-electron chi connectivity index (χ3n) is 7.27. The zero-order valence-corrected chi connectivity index (χ0v) is 21.4. The maximum Gasteiger partial charge on any atom is 0.418 e. The molecule has 0 fully saturated rings. The summed E-state index contributed by atoms with van der Waals surface area (Å²) in [4.78, 5) is 27.5. The molecule has 1 amide bonds. The number of dihydropyridines is 1. The van der Waals surface area contributed by atoms with Crippen molar-refractivity contribution in [2.24, 2.45) is 0 Å². The molecule has 3 aromatic carbocycles. The molecule has 0 saturated heterocycles. The lowest BCUT2D eigenvalue weighted by Crippen LogP contribution is -2.37. The standard InChI is InChI=1S/C31H27F3N2O3/c1-18-27(30(38)36-23-14-8-7-13-22(23)31(32,33)34)28(21-12-6-9-15-26(21)39-2)29-24(35-18)16-20(17-25(29)37)19-10-4-3-5-11-19/h3-15,20,28,35H,16-17H2,1-2H3,(H,36,38)/t20-,28-/m1/s1. The number of alkyl halides is 3. The predicted molar refractivity (Wildman–Crippen MR) is 142 cm³/mol. The van der Waals surface area contributed by atoms with Gasteiger partial charge in [-0.3, -0.25) is 9.59 Å². The number of carbonyl (C=O) groups excluding carboxylic acids is 2. The molecule has 2 atom stereocenters. The molecule has 8 heteroatoms. The largest absolute Gasteiger partial charge is 0.496 e. The zero-order valence-electron chi connectivity index (χ0n) is 21.4. The van der Waals surface area contributed by atoms with E-state index in [0.29, 0.717) is 34.7 Å². The van der Waals surface area contributed by atoms with Crippen LogP contribution in [0.15, 0.2) is 101 Å². The number of ketones is 1. The van der Waals surface area contributed by atoms with E-state index < -0.39 is 23.6 Å². The molecule has 5 rings (SSSR count). The summed E-state index contributed by atoms with van der Waals surface area (Å²) in [6.45, 7) is 1.70. The highest BCUT2D eigenvalue weighted by Gasteiger charge is 2.42. The summed E-state index contributed by atoms with van der Waals surface area (Å²) in [5.41, 5.74) is 2.11. The summed E-state index contributed by atoms with van der Waals surface area (Å²) < 4.78 is 46.6. The number of para-hydroxylation sites is 2. The van der Waals surface area contributed by atoms with Crippen molar-refractivity contribution < 1.29 is 27.5 Å². The molecule has 0 aromatic heterocycles. The van der Waals surface area contributed by atoms with Crippen LogP contribution in [0.2, 0.25) is 0 Å². The Labute approximate surface area is 224 Å². The van der Waals surface area contributed by atoms with Crippen LogP contribution >= 0.6 is 0 Å². The minimum absolute atomic E-state index is 0.0369. The van der Waals surface area contributed by atoms with Crippen molar-refractivity contribution in [1.82, 2.24) is 5.32 Å². The van der Waals surface area contributed by atoms with Gasteiger partial charge in [0.05, 0.1) is 24.3 Å². The van der Waals surface area contributed by atoms with E-state index in [-0.39, 0.29) is 29.4 Å². The minimum atomic E-state index is -4.65. The van der Waals surface area contributed by atoms with Gasteiger partial charge in [-0.15, -0.1) is 0 Å². The predicted octanol–water partition coefficient (Wildman–Crippen LogP) is 6.71. The molecular weight excluding hydrogens is 505 g/mol. The molecule has 39 heavy (non-hydrogen) atoms. The molecule has 0 radical (unpaired) electrons. The van der Waals surface area contributed by atoms with Gasteiger partial charge in [0.15, 0.2) is 5.78 Å². The lowest BCUT2D eigenvalue weighted by atomic mass is 9.71. The third-order valence-corrected chi connectivity index (χ3v) is 7.27. The van der Waals surface area contributed by atoms with Gasteiger partial charge in [-0.05, 0) is 43.0 Å². The number of hydrogen-bond donors (Lipinski definition) is 2. The first-order valence-electron chi connectivity index (χ1n) is 12.6. The van der Waals surface area contributed by atoms with E-state index in [4.69, 9.17) is 4.74 Å². The second-order valence-corrected chi connectivity index (χ2v) is 9.67. The first-order valence-corrected chi connectivity index (χ1v) is 12.6. The van der Waals surface area contributed by atoms with Crippen LogP contribution < -0.4 is 15.4 Å². The number of halogens is 3. The van der Waals surface area contributed by atoms with Crippen LogP contribution in [0.1, 0.15) is 48.3 Å². The van der Waals surface area contributed by atoms with Crippen molar-refractivity contribution in [2.45, 2.75) is 37.8 Å². The number of amides is 1. The Morgan fingerprint density at radius 1 is 0.949 bits per heavy atom. The molecule has 0 spiro atoms. The number of allylic oxidation sites excluding steroid dienone is 3. The minimum Gasteiger partial charge on any atom is -0.496 e. The summed E-state index contributed by atoms with van der Waals surface area (Å²) in [6, 6.07) is 21.7. The molecule has 0 unspecified atom stereocenters. The topological polar surface area (TPSA) is 67.4 Å². The SMILES string of the molecule is COc1ccccc1[C@@H]1C(C(=O)Nc2ccccc2C(F)(F)F)=C(C)NC2=C1C(=O)C[C@H](c1ccccc1)C2. The fourth-order valence-electron chi connectivity index (χ4n) is 5.55. The van der Waals surface area contributed by atoms with Gasteiger partial charge in [0.25, 0.3) is 5.91 Å². The molecule has 0 bridgehead atoms. The monoisotopic (exact) mass is 532 g/mol. The Morgan fingerprint density at radius 2 is 1.62 bits per heavy atom. The van der Waals surface area contributed by atoms with E-state index in [1.807, 2.05) is 30.3 Å². The fourth-order valence-corrected chi connectivity index (χ4v) is 5.55. The Hall–Kier alpha value is -4.33. The van der Waals surface area contributed by atoms with Gasteiger partial charge in [-0.2, -0.15) is 13.2 Å². The second kappa shape index (κ2) is 10.4. The summed E-state index contributed by atoms with van der Waals surface area (Å²) in [5.74, 6) is -1.23. The van der Waals surface area contributed by atoms with Crippen molar-refractivity contribution in [3.8, 4) is 5.75 Å². The number of nitrogens with one attached hydrogen (secondary N) is 2. The molecule has 3 aromatic rings. The molecule has 2 aliphatic rings. The summed E-state index contributed by atoms with van der Waals surface area (Å²) >= 11 is 0. The van der Waals surface area contributed by atoms with Gasteiger partial charge < -0.3 is 15.4 Å². The Morgan fingerprint density at radius 3 is 2.33 bits per heavy atom. The number of anilines is 1. The quantitative estimate of drug-likeness (QED) is 0.383. The van der Waals surface area contributed by atoms with Gasteiger partial charge in [0, 0.05) is 34.5 Å². The van der Waals surface area contributed by atoms with Crippen molar-refractivity contribution in [3.05, 3.63) is 118 Å². The Balaban J connectivity index is 1.60. The molecule has 5 nitrogen and oxygen atoms in total. The molecule has 200 valence electrons. The summed E-state index contributed by atoms with van der Waals surface area (Å²) in [6.07, 6.45) is -3.84. The van der Waals surface area contributed by atoms with Crippen LogP contribution in [0.5, 0.6) is 5.75 Å². The second-order valence-electron chi connectivity index (χ2n) is 9.67. The molecule has 1 heterocycles. The molecule has 0 saturated carbocycles. The Kier molecular flexibility index (Phi) is 7.04. The maximum atomic E-state index is 13.8. The van der Waals surface area contributed by atoms with E-state index in [2.05, 4.69) is 10.6 Å². The lowest BCUT2D eigenvalue weighted by molar-refractivity contribution is -0.137. The number of methoxy groups -OCH3 is 1. The highest BCUT2D eigenvalue weighted by atomic mass is 19.4. The highest BCUT2D eigenvalue weighted by Crippen LogP contribution is 2.48. The van der Waals surface area contributed by atoms with Crippen LogP contribution in [-0.4, -0.2) is 18.8 Å². The van der Waals surface area contributed by atoms with E-state index in [1.54, 1.807) is 31.2 Å². The Bertz CT molecular complexity index is 1490. The number of rotatable bonds is 5. The van der Waals surface area contributed by atoms with Gasteiger partial charge in [-0.1, -0.05) is 60.7 Å². The van der Waals surface area contributed by atoms with Gasteiger partial charge in [0.2, 0.25) is 0 Å². The number of carbonyl (C=O) groups is 2. The number of benzene rings is 3. The van der Waals surface area contributed by atoms with E-state index >= 15 is 0 Å². The van der Waals surface area contributed by atoms with E-state index in [0.717, 1.165) is 11.6 Å². The molecule has 2 N–H and O–H groups in total. The van der Waals surface area contributed by atoms with Gasteiger partial charge >= 0.3 is 6.18 Å². The van der Waals surface area contributed by atoms with Gasteiger partial charge in [-0.25, -0.2) is 0 Å². The third kappa shape index (κ3) is 5.06. The van der Waals surface area contributed by atoms with Crippen molar-refractivity contribution in [1.29, 1.82) is 0 Å². The molecular formula is C31H27F3N2O3.